The number of amides is 1. The summed E-state index contributed by atoms with van der Waals surface area (Å²) in [7, 11) is 0. The number of aromatic nitrogens is 2. The highest BCUT2D eigenvalue weighted by Crippen LogP contribution is 2.27. The molecule has 5 nitrogen and oxygen atoms in total. The fourth-order valence-corrected chi connectivity index (χ4v) is 2.78. The molecule has 4 aromatic rings. The van der Waals surface area contributed by atoms with E-state index in [1.54, 1.807) is 6.07 Å². The van der Waals surface area contributed by atoms with Crippen molar-refractivity contribution < 1.29 is 9.21 Å². The highest BCUT2D eigenvalue weighted by molar-refractivity contribution is 9.10. The van der Waals surface area contributed by atoms with Crippen molar-refractivity contribution in [3.63, 3.8) is 0 Å². The van der Waals surface area contributed by atoms with Crippen LogP contribution in [0.25, 0.3) is 22.0 Å². The van der Waals surface area contributed by atoms with E-state index in [4.69, 9.17) is 4.42 Å². The molecule has 1 amide bonds. The highest BCUT2D eigenvalue weighted by atomic mass is 79.9. The quantitative estimate of drug-likeness (QED) is 0.562. The number of fused-ring (bicyclic) bond motifs is 2. The van der Waals surface area contributed by atoms with Gasteiger partial charge in [-0.2, -0.15) is 0 Å². The van der Waals surface area contributed by atoms with Crippen LogP contribution >= 0.6 is 15.9 Å². The van der Waals surface area contributed by atoms with E-state index in [1.807, 2.05) is 42.5 Å². The van der Waals surface area contributed by atoms with Crippen LogP contribution in [0.2, 0.25) is 0 Å². The Bertz CT molecular complexity index is 970. The van der Waals surface area contributed by atoms with Gasteiger partial charge in [0, 0.05) is 5.39 Å². The van der Waals surface area contributed by atoms with Crippen LogP contribution in [0.1, 0.15) is 10.6 Å². The molecule has 108 valence electrons. The number of para-hydroxylation sites is 3. The molecule has 0 fully saturated rings. The van der Waals surface area contributed by atoms with E-state index in [-0.39, 0.29) is 11.7 Å². The zero-order valence-corrected chi connectivity index (χ0v) is 12.8. The summed E-state index contributed by atoms with van der Waals surface area (Å²) in [4.78, 5) is 19.7. The fourth-order valence-electron chi connectivity index (χ4n) is 2.32. The Morgan fingerprint density at radius 3 is 2.86 bits per heavy atom. The van der Waals surface area contributed by atoms with Gasteiger partial charge in [-0.3, -0.25) is 10.1 Å². The van der Waals surface area contributed by atoms with Crippen molar-refractivity contribution in [1.29, 1.82) is 0 Å². The maximum atomic E-state index is 12.3. The van der Waals surface area contributed by atoms with Crippen molar-refractivity contribution in [2.75, 3.05) is 5.32 Å². The number of halogens is 1. The molecule has 2 heterocycles. The number of benzene rings is 2. The van der Waals surface area contributed by atoms with Crippen LogP contribution in [-0.2, 0) is 0 Å². The van der Waals surface area contributed by atoms with Crippen LogP contribution in [0.15, 0.2) is 57.4 Å². The number of furan rings is 1. The number of carbonyl (C=O) groups excluding carboxylic acids is 1. The van der Waals surface area contributed by atoms with Gasteiger partial charge in [0.15, 0.2) is 5.76 Å². The molecule has 0 saturated carbocycles. The largest absolute Gasteiger partial charge is 0.450 e. The first kappa shape index (κ1) is 13.1. The van der Waals surface area contributed by atoms with Crippen LogP contribution in [0.4, 0.5) is 5.95 Å². The van der Waals surface area contributed by atoms with Gasteiger partial charge in [-0.25, -0.2) is 4.98 Å². The van der Waals surface area contributed by atoms with Gasteiger partial charge in [-0.1, -0.05) is 24.3 Å². The number of nitrogens with zero attached hydrogens (tertiary/aromatic N) is 1. The third kappa shape index (κ3) is 2.17. The van der Waals surface area contributed by atoms with Crippen molar-refractivity contribution in [2.45, 2.75) is 0 Å². The van der Waals surface area contributed by atoms with Crippen LogP contribution < -0.4 is 5.32 Å². The van der Waals surface area contributed by atoms with Gasteiger partial charge >= 0.3 is 0 Å². The zero-order valence-electron chi connectivity index (χ0n) is 11.3. The lowest BCUT2D eigenvalue weighted by Crippen LogP contribution is -2.11. The molecule has 22 heavy (non-hydrogen) atoms. The van der Waals surface area contributed by atoms with Gasteiger partial charge in [-0.05, 0) is 40.2 Å². The first-order valence-corrected chi connectivity index (χ1v) is 7.44. The molecule has 2 aromatic carbocycles. The van der Waals surface area contributed by atoms with Crippen molar-refractivity contribution in [1.82, 2.24) is 9.97 Å². The predicted molar refractivity (Wildman–Crippen MR) is 88.0 cm³/mol. The lowest BCUT2D eigenvalue weighted by atomic mass is 10.2. The van der Waals surface area contributed by atoms with Gasteiger partial charge in [-0.15, -0.1) is 0 Å². The smallest absolute Gasteiger partial charge is 0.293 e. The van der Waals surface area contributed by atoms with E-state index in [0.29, 0.717) is 11.5 Å². The third-order valence-electron chi connectivity index (χ3n) is 3.34. The summed E-state index contributed by atoms with van der Waals surface area (Å²) in [6.07, 6.45) is 0. The standard InChI is InChI=1S/C16H10BrN3O2/c17-10-5-3-4-9-8-13(22-14(9)10)15(21)20-16-18-11-6-1-2-7-12(11)19-16/h1-8H,(H2,18,19,20,21). The average molecular weight is 356 g/mol. The van der Waals surface area contributed by atoms with Gasteiger partial charge in [0.05, 0.1) is 15.5 Å². The second-order valence-corrected chi connectivity index (χ2v) is 5.68. The van der Waals surface area contributed by atoms with E-state index >= 15 is 0 Å². The number of imidazole rings is 1. The summed E-state index contributed by atoms with van der Waals surface area (Å²) >= 11 is 3.41. The molecule has 0 bridgehead atoms. The number of aromatic amines is 1. The Balaban J connectivity index is 1.66. The third-order valence-corrected chi connectivity index (χ3v) is 3.97. The molecular weight excluding hydrogens is 346 g/mol. The lowest BCUT2D eigenvalue weighted by molar-refractivity contribution is 0.0998. The Morgan fingerprint density at radius 2 is 2.05 bits per heavy atom. The van der Waals surface area contributed by atoms with Gasteiger partial charge in [0.2, 0.25) is 5.95 Å². The van der Waals surface area contributed by atoms with E-state index in [0.717, 1.165) is 20.9 Å². The van der Waals surface area contributed by atoms with E-state index in [9.17, 15) is 4.79 Å². The molecule has 0 radical (unpaired) electrons. The summed E-state index contributed by atoms with van der Waals surface area (Å²) in [6, 6.07) is 14.9. The topological polar surface area (TPSA) is 70.9 Å². The first-order valence-electron chi connectivity index (χ1n) is 6.65. The Labute approximate surface area is 133 Å². The lowest BCUT2D eigenvalue weighted by Gasteiger charge is -1.97. The molecule has 0 aliphatic carbocycles. The predicted octanol–water partition coefficient (Wildman–Crippen LogP) is 4.32. The molecule has 0 saturated heterocycles. The first-order chi connectivity index (χ1) is 10.7. The number of anilines is 1. The molecule has 0 aliphatic rings. The maximum absolute atomic E-state index is 12.3. The molecule has 0 atom stereocenters. The number of hydrogen-bond acceptors (Lipinski definition) is 3. The highest BCUT2D eigenvalue weighted by Gasteiger charge is 2.15. The van der Waals surface area contributed by atoms with Crippen LogP contribution in [-0.4, -0.2) is 15.9 Å². The Kier molecular flexibility index (Phi) is 2.97. The second kappa shape index (κ2) is 4.99. The summed E-state index contributed by atoms with van der Waals surface area (Å²) in [6.45, 7) is 0. The average Bonchev–Trinajstić information content (AvgIpc) is 3.10. The number of carbonyl (C=O) groups is 1. The summed E-state index contributed by atoms with van der Waals surface area (Å²) in [5.41, 5.74) is 2.31. The molecule has 6 heteroatoms. The van der Waals surface area contributed by atoms with Gasteiger partial charge in [0.25, 0.3) is 5.91 Å². The van der Waals surface area contributed by atoms with Crippen molar-refractivity contribution in [3.8, 4) is 0 Å². The van der Waals surface area contributed by atoms with Gasteiger partial charge in [0.1, 0.15) is 5.58 Å². The molecule has 4 rings (SSSR count). The minimum absolute atomic E-state index is 0.238. The van der Waals surface area contributed by atoms with Crippen molar-refractivity contribution >= 4 is 49.8 Å². The maximum Gasteiger partial charge on any atom is 0.293 e. The molecule has 0 spiro atoms. The minimum atomic E-state index is -0.345. The number of H-pyrrole nitrogens is 1. The monoisotopic (exact) mass is 355 g/mol. The molecule has 2 aromatic heterocycles. The van der Waals surface area contributed by atoms with Crippen LogP contribution in [0.5, 0.6) is 0 Å². The SMILES string of the molecule is O=C(Nc1nc2ccccc2[nH]1)c1cc2cccc(Br)c2o1. The molecular formula is C16H10BrN3O2. The summed E-state index contributed by atoms with van der Waals surface area (Å²) in [5.74, 6) is 0.287. The van der Waals surface area contributed by atoms with Crippen LogP contribution in [0.3, 0.4) is 0 Å². The molecule has 0 unspecified atom stereocenters. The Morgan fingerprint density at radius 1 is 1.18 bits per heavy atom. The van der Waals surface area contributed by atoms with Crippen molar-refractivity contribution in [2.24, 2.45) is 0 Å². The number of nitrogens with one attached hydrogen (secondary N) is 2. The van der Waals surface area contributed by atoms with Gasteiger partial charge < -0.3 is 9.40 Å². The number of hydrogen-bond donors (Lipinski definition) is 2. The molecule has 0 aliphatic heterocycles. The molecule has 2 N–H and O–H groups in total. The number of rotatable bonds is 2. The van der Waals surface area contributed by atoms with E-state index in [2.05, 4.69) is 31.2 Å². The minimum Gasteiger partial charge on any atom is -0.450 e. The normalized spacial score (nSPS) is 11.1. The van der Waals surface area contributed by atoms with E-state index in [1.165, 1.54) is 0 Å². The van der Waals surface area contributed by atoms with E-state index < -0.39 is 0 Å². The van der Waals surface area contributed by atoms with Crippen LogP contribution in [0, 0.1) is 0 Å². The van der Waals surface area contributed by atoms with Crippen molar-refractivity contribution in [3.05, 3.63) is 58.8 Å². The zero-order chi connectivity index (χ0) is 15.1. The fraction of sp³-hybridized carbons (Fsp3) is 0. The second-order valence-electron chi connectivity index (χ2n) is 4.83. The summed E-state index contributed by atoms with van der Waals surface area (Å²) in [5, 5.41) is 3.58. The summed E-state index contributed by atoms with van der Waals surface area (Å²) < 4.78 is 6.42. The Hall–Kier alpha value is -2.60.